The van der Waals surface area contributed by atoms with E-state index in [0.29, 0.717) is 6.54 Å². The van der Waals surface area contributed by atoms with Gasteiger partial charge in [-0.25, -0.2) is 9.78 Å². The van der Waals surface area contributed by atoms with Gasteiger partial charge < -0.3 is 5.32 Å². The molecule has 6 heteroatoms. The molecular formula is C13H16N4O2. The lowest BCUT2D eigenvalue weighted by molar-refractivity contribution is 0.718. The summed E-state index contributed by atoms with van der Waals surface area (Å²) in [7, 11) is 0. The van der Waals surface area contributed by atoms with Gasteiger partial charge in [-0.3, -0.25) is 14.3 Å². The molecule has 6 nitrogen and oxygen atoms in total. The summed E-state index contributed by atoms with van der Waals surface area (Å²) in [5.74, 6) is 0.819. The molecule has 2 rings (SSSR count). The molecule has 0 aliphatic carbocycles. The molecule has 0 fully saturated rings. The van der Waals surface area contributed by atoms with Crippen LogP contribution in [0.2, 0.25) is 0 Å². The summed E-state index contributed by atoms with van der Waals surface area (Å²) >= 11 is 0. The third-order valence-electron chi connectivity index (χ3n) is 2.63. The fourth-order valence-electron chi connectivity index (χ4n) is 1.64. The van der Waals surface area contributed by atoms with Gasteiger partial charge in [0.15, 0.2) is 0 Å². The number of aromatic amines is 1. The molecule has 2 aromatic rings. The Morgan fingerprint density at radius 1 is 1.32 bits per heavy atom. The molecule has 0 aliphatic rings. The maximum atomic E-state index is 11.5. The summed E-state index contributed by atoms with van der Waals surface area (Å²) in [6, 6.07) is 5.11. The third kappa shape index (κ3) is 3.54. The van der Waals surface area contributed by atoms with Crippen molar-refractivity contribution in [3.05, 3.63) is 57.0 Å². The molecule has 0 aliphatic heterocycles. The fraction of sp³-hybridized carbons (Fsp3) is 0.308. The lowest BCUT2D eigenvalue weighted by Gasteiger charge is -2.06. The molecule has 0 amide bonds. The lowest BCUT2D eigenvalue weighted by Crippen LogP contribution is -2.28. The van der Waals surface area contributed by atoms with E-state index in [1.54, 1.807) is 6.20 Å². The zero-order valence-electron chi connectivity index (χ0n) is 10.7. The lowest BCUT2D eigenvalue weighted by atomic mass is 10.3. The molecule has 0 bridgehead atoms. The van der Waals surface area contributed by atoms with Crippen molar-refractivity contribution >= 4 is 5.82 Å². The molecule has 0 saturated heterocycles. The SMILES string of the molecule is CCCNc1ccc(Cn2ccc(=O)[nH]c2=O)cn1. The number of rotatable bonds is 5. The minimum Gasteiger partial charge on any atom is -0.370 e. The van der Waals surface area contributed by atoms with Gasteiger partial charge >= 0.3 is 5.69 Å². The number of hydrogen-bond acceptors (Lipinski definition) is 4. The molecule has 0 atom stereocenters. The van der Waals surface area contributed by atoms with Crippen LogP contribution in [0.5, 0.6) is 0 Å². The highest BCUT2D eigenvalue weighted by Gasteiger charge is 1.99. The molecule has 0 saturated carbocycles. The Kier molecular flexibility index (Phi) is 4.12. The average Bonchev–Trinajstić information content (AvgIpc) is 2.41. The van der Waals surface area contributed by atoms with Crippen molar-refractivity contribution in [2.24, 2.45) is 0 Å². The topological polar surface area (TPSA) is 79.8 Å². The minimum absolute atomic E-state index is 0.386. The van der Waals surface area contributed by atoms with E-state index < -0.39 is 11.2 Å². The van der Waals surface area contributed by atoms with Crippen LogP contribution >= 0.6 is 0 Å². The quantitative estimate of drug-likeness (QED) is 0.833. The van der Waals surface area contributed by atoms with Crippen molar-refractivity contribution in [2.75, 3.05) is 11.9 Å². The number of pyridine rings is 1. The van der Waals surface area contributed by atoms with Gasteiger partial charge in [-0.2, -0.15) is 0 Å². The molecule has 0 spiro atoms. The van der Waals surface area contributed by atoms with Crippen LogP contribution < -0.4 is 16.6 Å². The molecule has 0 radical (unpaired) electrons. The Balaban J connectivity index is 2.11. The first kappa shape index (κ1) is 13.1. The van der Waals surface area contributed by atoms with Crippen LogP contribution in [0.15, 0.2) is 40.2 Å². The van der Waals surface area contributed by atoms with Crippen LogP contribution in [0.25, 0.3) is 0 Å². The standard InChI is InChI=1S/C13H16N4O2/c1-2-6-14-11-4-3-10(8-15-11)9-17-7-5-12(18)16-13(17)19/h3-5,7-8H,2,6,9H2,1H3,(H,14,15)(H,16,18,19). The first-order chi connectivity index (χ1) is 9.19. The fourth-order valence-corrected chi connectivity index (χ4v) is 1.64. The predicted molar refractivity (Wildman–Crippen MR) is 73.4 cm³/mol. The Morgan fingerprint density at radius 2 is 2.16 bits per heavy atom. The number of aromatic nitrogens is 3. The Bertz CT molecular complexity index is 643. The predicted octanol–water partition coefficient (Wildman–Crippen LogP) is 0.802. The molecular weight excluding hydrogens is 244 g/mol. The summed E-state index contributed by atoms with van der Waals surface area (Å²) < 4.78 is 1.43. The third-order valence-corrected chi connectivity index (χ3v) is 2.63. The van der Waals surface area contributed by atoms with Gasteiger partial charge in [-0.1, -0.05) is 13.0 Å². The average molecular weight is 260 g/mol. The molecule has 0 aromatic carbocycles. The second-order valence-electron chi connectivity index (χ2n) is 4.22. The number of nitrogens with zero attached hydrogens (tertiary/aromatic N) is 2. The van der Waals surface area contributed by atoms with Crippen LogP contribution in [0.4, 0.5) is 5.82 Å². The van der Waals surface area contributed by atoms with Gasteiger partial charge in [-0.05, 0) is 18.1 Å². The number of hydrogen-bond donors (Lipinski definition) is 2. The molecule has 0 unspecified atom stereocenters. The Morgan fingerprint density at radius 3 is 2.79 bits per heavy atom. The number of nitrogens with one attached hydrogen (secondary N) is 2. The first-order valence-electron chi connectivity index (χ1n) is 6.17. The van der Waals surface area contributed by atoms with E-state index in [-0.39, 0.29) is 0 Å². The van der Waals surface area contributed by atoms with Gasteiger partial charge in [0.25, 0.3) is 5.56 Å². The molecule has 19 heavy (non-hydrogen) atoms. The summed E-state index contributed by atoms with van der Waals surface area (Å²) in [6.07, 6.45) is 4.23. The van der Waals surface area contributed by atoms with Crippen molar-refractivity contribution in [3.8, 4) is 0 Å². The summed E-state index contributed by atoms with van der Waals surface area (Å²) in [4.78, 5) is 29.0. The van der Waals surface area contributed by atoms with Gasteiger partial charge in [0.2, 0.25) is 0 Å². The van der Waals surface area contributed by atoms with Crippen molar-refractivity contribution < 1.29 is 0 Å². The van der Waals surface area contributed by atoms with E-state index in [1.807, 2.05) is 12.1 Å². The smallest absolute Gasteiger partial charge is 0.328 e. The van der Waals surface area contributed by atoms with E-state index in [1.165, 1.54) is 16.8 Å². The summed E-state index contributed by atoms with van der Waals surface area (Å²) in [5.41, 5.74) is 0.0929. The first-order valence-corrected chi connectivity index (χ1v) is 6.17. The zero-order valence-corrected chi connectivity index (χ0v) is 10.7. The second kappa shape index (κ2) is 5.99. The van der Waals surface area contributed by atoms with Crippen molar-refractivity contribution in [1.82, 2.24) is 14.5 Å². The van der Waals surface area contributed by atoms with Crippen LogP contribution in [0.3, 0.4) is 0 Å². The zero-order chi connectivity index (χ0) is 13.7. The summed E-state index contributed by atoms with van der Waals surface area (Å²) in [5, 5.41) is 3.18. The maximum absolute atomic E-state index is 11.5. The Hall–Kier alpha value is -2.37. The second-order valence-corrected chi connectivity index (χ2v) is 4.22. The van der Waals surface area contributed by atoms with E-state index in [2.05, 4.69) is 22.2 Å². The van der Waals surface area contributed by atoms with Gasteiger partial charge in [-0.15, -0.1) is 0 Å². The van der Waals surface area contributed by atoms with Crippen LogP contribution in [0, 0.1) is 0 Å². The molecule has 2 N–H and O–H groups in total. The highest BCUT2D eigenvalue weighted by atomic mass is 16.2. The molecule has 100 valence electrons. The van der Waals surface area contributed by atoms with E-state index in [4.69, 9.17) is 0 Å². The van der Waals surface area contributed by atoms with Crippen LogP contribution in [0.1, 0.15) is 18.9 Å². The summed E-state index contributed by atoms with van der Waals surface area (Å²) in [6.45, 7) is 3.35. The van der Waals surface area contributed by atoms with Gasteiger partial charge in [0.05, 0.1) is 6.54 Å². The minimum atomic E-state index is -0.416. The molecule has 2 aromatic heterocycles. The van der Waals surface area contributed by atoms with Gasteiger partial charge in [0, 0.05) is 25.0 Å². The van der Waals surface area contributed by atoms with E-state index >= 15 is 0 Å². The number of H-pyrrole nitrogens is 1. The van der Waals surface area contributed by atoms with Crippen molar-refractivity contribution in [2.45, 2.75) is 19.9 Å². The van der Waals surface area contributed by atoms with Gasteiger partial charge in [0.1, 0.15) is 5.82 Å². The highest BCUT2D eigenvalue weighted by Crippen LogP contribution is 2.05. The number of anilines is 1. The van der Waals surface area contributed by atoms with Crippen molar-refractivity contribution in [1.29, 1.82) is 0 Å². The monoisotopic (exact) mass is 260 g/mol. The Labute approximate surface area is 110 Å². The maximum Gasteiger partial charge on any atom is 0.328 e. The molecule has 2 heterocycles. The highest BCUT2D eigenvalue weighted by molar-refractivity contribution is 5.35. The largest absolute Gasteiger partial charge is 0.370 e. The van der Waals surface area contributed by atoms with E-state index in [9.17, 15) is 9.59 Å². The van der Waals surface area contributed by atoms with Crippen LogP contribution in [-0.4, -0.2) is 21.1 Å². The van der Waals surface area contributed by atoms with E-state index in [0.717, 1.165) is 24.3 Å². The van der Waals surface area contributed by atoms with Crippen LogP contribution in [-0.2, 0) is 6.54 Å². The van der Waals surface area contributed by atoms with Crippen molar-refractivity contribution in [3.63, 3.8) is 0 Å². The normalized spacial score (nSPS) is 10.4.